The Morgan fingerprint density at radius 2 is 1.80 bits per heavy atom. The van der Waals surface area contributed by atoms with Gasteiger partial charge in [-0.25, -0.2) is 8.42 Å². The maximum Gasteiger partial charge on any atom is 0.224 e. The Morgan fingerprint density at radius 3 is 2.40 bits per heavy atom. The number of nitrogens with one attached hydrogen (secondary N) is 2. The molecule has 138 valence electrons. The Kier molecular flexibility index (Phi) is 5.71. The van der Waals surface area contributed by atoms with E-state index in [1.54, 1.807) is 12.1 Å². The first kappa shape index (κ1) is 18.7. The molecule has 1 heterocycles. The zero-order valence-electron chi connectivity index (χ0n) is 14.3. The lowest BCUT2D eigenvalue weighted by atomic mass is 9.88. The van der Waals surface area contributed by atoms with Gasteiger partial charge in [-0.2, -0.15) is 0 Å². The van der Waals surface area contributed by atoms with Gasteiger partial charge >= 0.3 is 0 Å². The number of halogens is 1. The number of hydrogen-bond donors (Lipinski definition) is 2. The van der Waals surface area contributed by atoms with Crippen LogP contribution in [0.25, 0.3) is 0 Å². The Morgan fingerprint density at radius 1 is 1.12 bits per heavy atom. The predicted octanol–water partition coefficient (Wildman–Crippen LogP) is 2.89. The minimum Gasteiger partial charge on any atom is -0.335 e. The largest absolute Gasteiger partial charge is 0.335 e. The van der Waals surface area contributed by atoms with Crippen molar-refractivity contribution in [2.75, 3.05) is 13.1 Å². The van der Waals surface area contributed by atoms with Gasteiger partial charge in [0.15, 0.2) is 4.87 Å². The van der Waals surface area contributed by atoms with Gasteiger partial charge in [0.25, 0.3) is 0 Å². The first-order chi connectivity index (χ1) is 11.9. The molecule has 1 aromatic rings. The van der Waals surface area contributed by atoms with E-state index in [-0.39, 0.29) is 23.3 Å². The lowest BCUT2D eigenvalue weighted by Crippen LogP contribution is -2.63. The number of hydrogen-bond acceptors (Lipinski definition) is 4. The van der Waals surface area contributed by atoms with Crippen molar-refractivity contribution in [2.24, 2.45) is 5.92 Å². The molecule has 1 atom stereocenters. The summed E-state index contributed by atoms with van der Waals surface area (Å²) in [5.41, 5.74) is 0. The highest BCUT2D eigenvalue weighted by Crippen LogP contribution is 2.32. The van der Waals surface area contributed by atoms with Crippen molar-refractivity contribution in [3.8, 4) is 0 Å². The molecule has 0 radical (unpaired) electrons. The fourth-order valence-electron chi connectivity index (χ4n) is 3.81. The van der Waals surface area contributed by atoms with Gasteiger partial charge in [-0.3, -0.25) is 4.79 Å². The number of rotatable bonds is 4. The molecule has 2 aliphatic rings. The number of piperidine rings is 1. The molecule has 3 rings (SSSR count). The summed E-state index contributed by atoms with van der Waals surface area (Å²) in [5, 5.41) is 6.57. The monoisotopic (exact) mass is 384 g/mol. The molecular formula is C18H25ClN2O3S. The Balaban J connectivity index is 1.89. The van der Waals surface area contributed by atoms with Crippen molar-refractivity contribution in [1.82, 2.24) is 10.6 Å². The molecule has 25 heavy (non-hydrogen) atoms. The smallest absolute Gasteiger partial charge is 0.224 e. The molecule has 1 saturated carbocycles. The van der Waals surface area contributed by atoms with E-state index in [9.17, 15) is 13.2 Å². The highest BCUT2D eigenvalue weighted by atomic mass is 35.5. The van der Waals surface area contributed by atoms with Crippen LogP contribution in [0.1, 0.15) is 44.9 Å². The number of carbonyl (C=O) groups is 1. The van der Waals surface area contributed by atoms with Gasteiger partial charge in [0.2, 0.25) is 15.7 Å². The molecule has 1 aromatic carbocycles. The van der Waals surface area contributed by atoms with Gasteiger partial charge < -0.3 is 10.6 Å². The molecule has 5 nitrogen and oxygen atoms in total. The highest BCUT2D eigenvalue weighted by molar-refractivity contribution is 7.92. The average molecular weight is 385 g/mol. The van der Waals surface area contributed by atoms with Crippen LogP contribution in [0.15, 0.2) is 29.2 Å². The third kappa shape index (κ3) is 3.86. The van der Waals surface area contributed by atoms with Crippen LogP contribution in [0.5, 0.6) is 0 Å². The number of carbonyl (C=O) groups excluding carboxylic acids is 1. The van der Waals surface area contributed by atoms with E-state index in [4.69, 9.17) is 11.6 Å². The van der Waals surface area contributed by atoms with Gasteiger partial charge in [0.05, 0.1) is 4.90 Å². The van der Waals surface area contributed by atoms with Crippen LogP contribution in [-0.2, 0) is 14.6 Å². The number of sulfone groups is 1. The molecule has 1 aliphatic heterocycles. The zero-order valence-corrected chi connectivity index (χ0v) is 15.8. The maximum atomic E-state index is 13.3. The SMILES string of the molecule is O=C(N[C@]1(S(=O)(=O)c2ccc(Cl)cc2)CCCNC1)C1CCCCC1. The molecule has 2 N–H and O–H groups in total. The second-order valence-corrected chi connectivity index (χ2v) is 9.75. The van der Waals surface area contributed by atoms with Gasteiger partial charge in [-0.05, 0) is 56.5 Å². The van der Waals surface area contributed by atoms with Crippen molar-refractivity contribution in [2.45, 2.75) is 54.7 Å². The number of amides is 1. The Hall–Kier alpha value is -1.11. The first-order valence-corrected chi connectivity index (χ1v) is 10.8. The van der Waals surface area contributed by atoms with Crippen LogP contribution in [0.3, 0.4) is 0 Å². The van der Waals surface area contributed by atoms with Crippen molar-refractivity contribution in [3.05, 3.63) is 29.3 Å². The summed E-state index contributed by atoms with van der Waals surface area (Å²) in [7, 11) is -3.73. The highest BCUT2D eigenvalue weighted by Gasteiger charge is 2.47. The van der Waals surface area contributed by atoms with E-state index >= 15 is 0 Å². The third-order valence-corrected chi connectivity index (χ3v) is 7.93. The fourth-order valence-corrected chi connectivity index (χ4v) is 5.82. The summed E-state index contributed by atoms with van der Waals surface area (Å²) in [6.45, 7) is 0.994. The van der Waals surface area contributed by atoms with Crippen LogP contribution < -0.4 is 10.6 Å². The normalized spacial score (nSPS) is 25.5. The van der Waals surface area contributed by atoms with Gasteiger partial charge in [0.1, 0.15) is 0 Å². The Labute approximate surface area is 154 Å². The van der Waals surface area contributed by atoms with E-state index in [0.717, 1.165) is 38.6 Å². The maximum absolute atomic E-state index is 13.3. The van der Waals surface area contributed by atoms with Crippen LogP contribution in [0.2, 0.25) is 5.02 Å². The van der Waals surface area contributed by atoms with Crippen LogP contribution >= 0.6 is 11.6 Å². The van der Waals surface area contributed by atoms with Crippen LogP contribution in [0.4, 0.5) is 0 Å². The minimum absolute atomic E-state index is 0.0760. The molecule has 0 unspecified atom stereocenters. The second kappa shape index (κ2) is 7.64. The summed E-state index contributed by atoms with van der Waals surface area (Å²) in [6.07, 6.45) is 6.04. The summed E-state index contributed by atoms with van der Waals surface area (Å²) in [4.78, 5) is 11.7. The summed E-state index contributed by atoms with van der Waals surface area (Å²) in [5.74, 6) is -0.200. The molecule has 2 fully saturated rings. The van der Waals surface area contributed by atoms with E-state index < -0.39 is 14.7 Å². The van der Waals surface area contributed by atoms with E-state index in [1.165, 1.54) is 12.1 Å². The molecule has 0 spiro atoms. The van der Waals surface area contributed by atoms with Crippen LogP contribution in [-0.4, -0.2) is 32.3 Å². The van der Waals surface area contributed by atoms with Gasteiger partial charge in [-0.1, -0.05) is 30.9 Å². The zero-order chi connectivity index (χ0) is 17.9. The first-order valence-electron chi connectivity index (χ1n) is 8.98. The third-order valence-electron chi connectivity index (χ3n) is 5.31. The predicted molar refractivity (Wildman–Crippen MR) is 98.2 cm³/mol. The summed E-state index contributed by atoms with van der Waals surface area (Å²) in [6, 6.07) is 6.17. The lowest BCUT2D eigenvalue weighted by Gasteiger charge is -2.39. The van der Waals surface area contributed by atoms with Crippen molar-refractivity contribution < 1.29 is 13.2 Å². The van der Waals surface area contributed by atoms with Gasteiger partial charge in [0, 0.05) is 17.5 Å². The van der Waals surface area contributed by atoms with E-state index in [1.807, 2.05) is 0 Å². The average Bonchev–Trinajstić information content (AvgIpc) is 2.63. The van der Waals surface area contributed by atoms with Crippen molar-refractivity contribution >= 4 is 27.3 Å². The molecular weight excluding hydrogens is 360 g/mol. The second-order valence-electron chi connectivity index (χ2n) is 7.06. The molecule has 1 amide bonds. The lowest BCUT2D eigenvalue weighted by molar-refractivity contribution is -0.127. The Bertz CT molecular complexity index is 706. The minimum atomic E-state index is -3.73. The van der Waals surface area contributed by atoms with Crippen molar-refractivity contribution in [1.29, 1.82) is 0 Å². The molecule has 7 heteroatoms. The van der Waals surface area contributed by atoms with Crippen molar-refractivity contribution in [3.63, 3.8) is 0 Å². The topological polar surface area (TPSA) is 75.3 Å². The fraction of sp³-hybridized carbons (Fsp3) is 0.611. The molecule has 1 aliphatic carbocycles. The summed E-state index contributed by atoms with van der Waals surface area (Å²) >= 11 is 5.89. The number of benzene rings is 1. The standard InChI is InChI=1S/C18H25ClN2O3S/c19-15-7-9-16(10-8-15)25(23,24)18(11-4-12-20-13-18)21-17(22)14-5-2-1-3-6-14/h7-10,14,20H,1-6,11-13H2,(H,21,22)/t18-/m0/s1. The van der Waals surface area contributed by atoms with E-state index in [0.29, 0.717) is 17.9 Å². The quantitative estimate of drug-likeness (QED) is 0.836. The summed E-state index contributed by atoms with van der Waals surface area (Å²) < 4.78 is 26.7. The van der Waals surface area contributed by atoms with E-state index in [2.05, 4.69) is 10.6 Å². The molecule has 0 bridgehead atoms. The molecule has 1 saturated heterocycles. The molecule has 0 aromatic heterocycles. The van der Waals surface area contributed by atoms with Crippen LogP contribution in [0, 0.1) is 5.92 Å². The van der Waals surface area contributed by atoms with Gasteiger partial charge in [-0.15, -0.1) is 0 Å².